The summed E-state index contributed by atoms with van der Waals surface area (Å²) in [5.41, 5.74) is -0.0461. The second kappa shape index (κ2) is 13.1. The first kappa shape index (κ1) is 24.9. The van der Waals surface area contributed by atoms with Gasteiger partial charge in [-0.25, -0.2) is 4.79 Å². The number of terminal acetylenes is 1. The summed E-state index contributed by atoms with van der Waals surface area (Å²) in [5.74, 6) is 2.56. The molecule has 0 bridgehead atoms. The number of nitrogens with one attached hydrogen (secondary N) is 2. The van der Waals surface area contributed by atoms with Gasteiger partial charge in [-0.05, 0) is 43.5 Å². The highest BCUT2D eigenvalue weighted by molar-refractivity contribution is 7.99. The van der Waals surface area contributed by atoms with Gasteiger partial charge >= 0.3 is 6.03 Å². The van der Waals surface area contributed by atoms with Crippen LogP contribution in [0.2, 0.25) is 0 Å². The lowest BCUT2D eigenvalue weighted by Gasteiger charge is -2.37. The maximum Gasteiger partial charge on any atom is 0.319 e. The molecule has 0 saturated carbocycles. The number of unbranched alkanes of at least 4 members (excludes halogenated alkanes) is 2. The van der Waals surface area contributed by atoms with E-state index in [4.69, 9.17) is 20.9 Å². The van der Waals surface area contributed by atoms with Gasteiger partial charge < -0.3 is 35.4 Å². The first-order valence-electron chi connectivity index (χ1n) is 9.81. The number of benzene rings is 1. The molecule has 8 nitrogen and oxygen atoms in total. The van der Waals surface area contributed by atoms with E-state index in [-0.39, 0.29) is 24.7 Å². The van der Waals surface area contributed by atoms with Crippen molar-refractivity contribution in [2.75, 3.05) is 18.0 Å². The lowest BCUT2D eigenvalue weighted by atomic mass is 10.0. The Morgan fingerprint density at radius 1 is 1.27 bits per heavy atom. The number of thioether (sulfide) groups is 1. The summed E-state index contributed by atoms with van der Waals surface area (Å²) < 4.78 is 5.84. The summed E-state index contributed by atoms with van der Waals surface area (Å²) in [6.07, 6.45) is 6.10. The zero-order valence-electron chi connectivity index (χ0n) is 16.6. The molecule has 10 heteroatoms. The van der Waals surface area contributed by atoms with Crippen LogP contribution >= 0.6 is 20.1 Å². The summed E-state index contributed by atoms with van der Waals surface area (Å²) in [5, 5.41) is 25.8. The number of amides is 2. The number of urea groups is 1. The third-order valence-corrected chi connectivity index (χ3v) is 6.38. The van der Waals surface area contributed by atoms with Crippen LogP contribution in [0.1, 0.15) is 32.1 Å². The molecule has 30 heavy (non-hydrogen) atoms. The van der Waals surface area contributed by atoms with Gasteiger partial charge in [0.05, 0.1) is 12.2 Å². The van der Waals surface area contributed by atoms with Crippen molar-refractivity contribution in [1.82, 2.24) is 5.32 Å². The van der Waals surface area contributed by atoms with Crippen LogP contribution in [0.5, 0.6) is 0 Å². The van der Waals surface area contributed by atoms with E-state index in [2.05, 4.69) is 16.6 Å². The van der Waals surface area contributed by atoms with Crippen molar-refractivity contribution in [2.24, 2.45) is 0 Å². The van der Waals surface area contributed by atoms with Crippen LogP contribution < -0.4 is 10.6 Å². The summed E-state index contributed by atoms with van der Waals surface area (Å²) in [6.45, 7) is 0.552. The molecule has 2 amide bonds. The molecule has 1 aliphatic heterocycles. The topological polar surface area (TPSA) is 131 Å². The summed E-state index contributed by atoms with van der Waals surface area (Å²) >= 11 is 1.27. The van der Waals surface area contributed by atoms with E-state index < -0.39 is 26.0 Å². The Hall–Kier alpha value is -1.37. The Bertz CT molecular complexity index is 700. The monoisotopic (exact) mass is 456 g/mol. The lowest BCUT2D eigenvalue weighted by Crippen LogP contribution is -2.46. The molecule has 1 aromatic carbocycles. The Kier molecular flexibility index (Phi) is 10.9. The van der Waals surface area contributed by atoms with E-state index in [9.17, 15) is 15.0 Å². The first-order valence-corrected chi connectivity index (χ1v) is 12.1. The molecule has 1 aromatic rings. The molecule has 4 atom stereocenters. The Morgan fingerprint density at radius 2 is 2.00 bits per heavy atom. The highest BCUT2D eigenvalue weighted by Crippen LogP contribution is 2.36. The molecule has 1 aliphatic rings. The molecule has 166 valence electrons. The molecular formula is C20H29N2O6PS. The fourth-order valence-electron chi connectivity index (χ4n) is 2.94. The van der Waals surface area contributed by atoms with Crippen LogP contribution in [0.15, 0.2) is 29.2 Å². The zero-order valence-corrected chi connectivity index (χ0v) is 18.3. The number of anilines is 1. The summed E-state index contributed by atoms with van der Waals surface area (Å²) in [4.78, 5) is 30.9. The minimum atomic E-state index is -2.01. The van der Waals surface area contributed by atoms with Crippen molar-refractivity contribution in [2.45, 2.75) is 60.7 Å². The number of carbonyl (C=O) groups is 1. The Morgan fingerprint density at radius 3 is 2.67 bits per heavy atom. The van der Waals surface area contributed by atoms with Crippen molar-refractivity contribution in [3.8, 4) is 12.3 Å². The molecule has 0 aromatic heterocycles. The van der Waals surface area contributed by atoms with Crippen LogP contribution in [0, 0.1) is 12.3 Å². The standard InChI is InChI=1S/C20H29N2O6PS/c1-2-3-4-5-11-21-20(25)22-14-6-8-16(9-7-14)30-19-18(24)17(23)13-15(28-19)10-12-29(26)27/h1,6-9,15,17-19,23-24,26-27H,3-5,10-13H2,(H2,21,22,25). The van der Waals surface area contributed by atoms with Crippen molar-refractivity contribution in [3.63, 3.8) is 0 Å². The average molecular weight is 457 g/mol. The van der Waals surface area contributed by atoms with Gasteiger partial charge in [0, 0.05) is 36.1 Å². The van der Waals surface area contributed by atoms with Crippen LogP contribution in [0.4, 0.5) is 10.5 Å². The largest absolute Gasteiger partial charge is 0.390 e. The van der Waals surface area contributed by atoms with Gasteiger partial charge in [0.15, 0.2) is 8.38 Å². The third-order valence-electron chi connectivity index (χ3n) is 4.55. The quantitative estimate of drug-likeness (QED) is 0.181. The second-order valence-corrected chi connectivity index (χ2v) is 9.35. The van der Waals surface area contributed by atoms with E-state index in [1.807, 2.05) is 0 Å². The van der Waals surface area contributed by atoms with Crippen molar-refractivity contribution in [1.29, 1.82) is 0 Å². The average Bonchev–Trinajstić information content (AvgIpc) is 2.71. The molecule has 6 N–H and O–H groups in total. The molecule has 1 fully saturated rings. The van der Waals surface area contributed by atoms with Gasteiger partial charge in [0.1, 0.15) is 11.5 Å². The van der Waals surface area contributed by atoms with Crippen LogP contribution in [-0.2, 0) is 4.74 Å². The molecule has 4 unspecified atom stereocenters. The number of rotatable bonds is 10. The predicted molar refractivity (Wildman–Crippen MR) is 118 cm³/mol. The minimum Gasteiger partial charge on any atom is -0.390 e. The lowest BCUT2D eigenvalue weighted by molar-refractivity contribution is -0.135. The molecular weight excluding hydrogens is 427 g/mol. The maximum atomic E-state index is 11.9. The molecule has 1 heterocycles. The van der Waals surface area contributed by atoms with Gasteiger partial charge in [-0.1, -0.05) is 11.8 Å². The number of aliphatic hydroxyl groups is 2. The molecule has 0 radical (unpaired) electrons. The fraction of sp³-hybridized carbons (Fsp3) is 0.550. The SMILES string of the molecule is C#CCCCCNC(=O)Nc1ccc(SC2OC(CCP(O)O)CC(O)C2O)cc1. The number of aliphatic hydroxyl groups excluding tert-OH is 2. The smallest absolute Gasteiger partial charge is 0.319 e. The Labute approximate surface area is 182 Å². The predicted octanol–water partition coefficient (Wildman–Crippen LogP) is 2.23. The third kappa shape index (κ3) is 8.78. The van der Waals surface area contributed by atoms with Crippen LogP contribution in [-0.4, -0.2) is 62.5 Å². The normalized spacial score (nSPS) is 23.7. The van der Waals surface area contributed by atoms with Gasteiger partial charge in [-0.3, -0.25) is 0 Å². The van der Waals surface area contributed by atoms with Crippen molar-refractivity contribution < 1.29 is 29.5 Å². The molecule has 2 rings (SSSR count). The first-order chi connectivity index (χ1) is 14.4. The molecule has 0 aliphatic carbocycles. The number of hydrogen-bond donors (Lipinski definition) is 6. The van der Waals surface area contributed by atoms with Crippen LogP contribution in [0.3, 0.4) is 0 Å². The van der Waals surface area contributed by atoms with E-state index in [1.165, 1.54) is 11.8 Å². The van der Waals surface area contributed by atoms with E-state index in [1.54, 1.807) is 24.3 Å². The van der Waals surface area contributed by atoms with Gasteiger partial charge in [-0.15, -0.1) is 12.3 Å². The van der Waals surface area contributed by atoms with E-state index in [0.717, 1.165) is 17.7 Å². The van der Waals surface area contributed by atoms with Crippen LogP contribution in [0.25, 0.3) is 0 Å². The molecule has 1 saturated heterocycles. The van der Waals surface area contributed by atoms with E-state index in [0.29, 0.717) is 25.1 Å². The van der Waals surface area contributed by atoms with Gasteiger partial charge in [0.2, 0.25) is 0 Å². The second-order valence-electron chi connectivity index (χ2n) is 6.99. The number of carbonyl (C=O) groups excluding carboxylic acids is 1. The highest BCUT2D eigenvalue weighted by Gasteiger charge is 2.37. The van der Waals surface area contributed by atoms with Crippen molar-refractivity contribution >= 4 is 31.9 Å². The zero-order chi connectivity index (χ0) is 21.9. The van der Waals surface area contributed by atoms with Gasteiger partial charge in [-0.2, -0.15) is 0 Å². The fourth-order valence-corrected chi connectivity index (χ4v) is 4.55. The summed E-state index contributed by atoms with van der Waals surface area (Å²) in [6, 6.07) is 6.78. The minimum absolute atomic E-state index is 0.201. The highest BCUT2D eigenvalue weighted by atomic mass is 32.2. The number of hydrogen-bond acceptors (Lipinski definition) is 7. The molecule has 0 spiro atoms. The summed E-state index contributed by atoms with van der Waals surface area (Å²) in [7, 11) is -2.01. The number of ether oxygens (including phenoxy) is 1. The van der Waals surface area contributed by atoms with Crippen molar-refractivity contribution in [3.05, 3.63) is 24.3 Å². The van der Waals surface area contributed by atoms with Gasteiger partial charge in [0.25, 0.3) is 0 Å². The Balaban J connectivity index is 1.82. The maximum absolute atomic E-state index is 11.9. The van der Waals surface area contributed by atoms with E-state index >= 15 is 0 Å².